The van der Waals surface area contributed by atoms with Crippen LogP contribution in [0.4, 0.5) is 4.79 Å². The number of carbonyl (C=O) groups excluding carboxylic acids is 1. The first-order chi connectivity index (χ1) is 8.33. The van der Waals surface area contributed by atoms with Crippen molar-refractivity contribution in [3.05, 3.63) is 48.3 Å². The molecule has 3 rings (SSSR count). The van der Waals surface area contributed by atoms with Gasteiger partial charge in [0.25, 0.3) is 0 Å². The molecular weight excluding hydrogens is 218 g/mol. The molecule has 1 aliphatic rings. The Labute approximate surface area is 98.0 Å². The van der Waals surface area contributed by atoms with E-state index in [1.807, 2.05) is 36.5 Å². The Balaban J connectivity index is 1.83. The number of ether oxygens (including phenoxy) is 1. The standard InChI is InChI=1S/C12H11N3O2/c16-12-14-11(8-17-12)9-2-4-10(5-3-9)15-7-1-6-13-15/h1-7,11H,8H2,(H,14,16). The Morgan fingerprint density at radius 3 is 2.76 bits per heavy atom. The second-order valence-electron chi connectivity index (χ2n) is 3.84. The van der Waals surface area contributed by atoms with Gasteiger partial charge in [0.05, 0.1) is 11.7 Å². The number of alkyl carbamates (subject to hydrolysis) is 1. The predicted molar refractivity (Wildman–Crippen MR) is 60.8 cm³/mol. The maximum absolute atomic E-state index is 10.9. The average molecular weight is 229 g/mol. The summed E-state index contributed by atoms with van der Waals surface area (Å²) >= 11 is 0. The Morgan fingerprint density at radius 1 is 1.35 bits per heavy atom. The zero-order valence-electron chi connectivity index (χ0n) is 9.04. The summed E-state index contributed by atoms with van der Waals surface area (Å²) in [6.07, 6.45) is 3.26. The van der Waals surface area contributed by atoms with E-state index < -0.39 is 0 Å². The second-order valence-corrected chi connectivity index (χ2v) is 3.84. The van der Waals surface area contributed by atoms with E-state index in [1.54, 1.807) is 10.9 Å². The van der Waals surface area contributed by atoms with Crippen molar-refractivity contribution in [2.75, 3.05) is 6.61 Å². The molecule has 0 saturated carbocycles. The number of aromatic nitrogens is 2. The summed E-state index contributed by atoms with van der Waals surface area (Å²) in [6, 6.07) is 9.69. The zero-order valence-corrected chi connectivity index (χ0v) is 9.04. The van der Waals surface area contributed by atoms with Gasteiger partial charge in [0.1, 0.15) is 6.61 Å². The summed E-state index contributed by atoms with van der Waals surface area (Å²) in [5.74, 6) is 0. The number of cyclic esters (lactones) is 1. The van der Waals surface area contributed by atoms with Gasteiger partial charge in [-0.2, -0.15) is 5.10 Å². The summed E-state index contributed by atoms with van der Waals surface area (Å²) in [5, 5.41) is 6.89. The predicted octanol–water partition coefficient (Wildman–Crippen LogP) is 1.65. The first kappa shape index (κ1) is 9.89. The van der Waals surface area contributed by atoms with Crippen LogP contribution < -0.4 is 5.32 Å². The lowest BCUT2D eigenvalue weighted by Gasteiger charge is -2.08. The first-order valence-electron chi connectivity index (χ1n) is 5.36. The summed E-state index contributed by atoms with van der Waals surface area (Å²) in [5.41, 5.74) is 2.02. The number of hydrogen-bond acceptors (Lipinski definition) is 3. The van der Waals surface area contributed by atoms with Gasteiger partial charge in [-0.3, -0.25) is 0 Å². The van der Waals surface area contributed by atoms with E-state index in [-0.39, 0.29) is 12.1 Å². The molecular formula is C12H11N3O2. The SMILES string of the molecule is O=C1NC(c2ccc(-n3cccn3)cc2)CO1. The third-order valence-corrected chi connectivity index (χ3v) is 2.74. The summed E-state index contributed by atoms with van der Waals surface area (Å²) in [6.45, 7) is 0.389. The van der Waals surface area contributed by atoms with Gasteiger partial charge >= 0.3 is 6.09 Å². The highest BCUT2D eigenvalue weighted by atomic mass is 16.6. The molecule has 1 aliphatic heterocycles. The minimum Gasteiger partial charge on any atom is -0.447 e. The fourth-order valence-corrected chi connectivity index (χ4v) is 1.85. The highest BCUT2D eigenvalue weighted by molar-refractivity contribution is 5.70. The molecule has 17 heavy (non-hydrogen) atoms. The molecule has 1 N–H and O–H groups in total. The molecule has 5 nitrogen and oxygen atoms in total. The Hall–Kier alpha value is -2.30. The quantitative estimate of drug-likeness (QED) is 0.851. The third kappa shape index (κ3) is 1.87. The molecule has 1 atom stereocenters. The molecule has 86 valence electrons. The molecule has 0 bridgehead atoms. The Kier molecular flexibility index (Phi) is 2.29. The highest BCUT2D eigenvalue weighted by Crippen LogP contribution is 2.19. The van der Waals surface area contributed by atoms with E-state index >= 15 is 0 Å². The topological polar surface area (TPSA) is 56.2 Å². The maximum Gasteiger partial charge on any atom is 0.407 e. The molecule has 1 saturated heterocycles. The van der Waals surface area contributed by atoms with Crippen LogP contribution in [-0.2, 0) is 4.74 Å². The van der Waals surface area contributed by atoms with Crippen LogP contribution in [0.2, 0.25) is 0 Å². The van der Waals surface area contributed by atoms with E-state index in [9.17, 15) is 4.79 Å². The number of rotatable bonds is 2. The molecule has 2 aromatic rings. The molecule has 0 radical (unpaired) electrons. The number of carbonyl (C=O) groups is 1. The normalized spacial score (nSPS) is 18.8. The van der Waals surface area contributed by atoms with Crippen LogP contribution in [0.3, 0.4) is 0 Å². The lowest BCUT2D eigenvalue weighted by Crippen LogP contribution is -2.18. The monoisotopic (exact) mass is 229 g/mol. The van der Waals surface area contributed by atoms with E-state index in [0.29, 0.717) is 6.61 Å². The molecule has 2 heterocycles. The zero-order chi connectivity index (χ0) is 11.7. The maximum atomic E-state index is 10.9. The molecule has 1 amide bonds. The van der Waals surface area contributed by atoms with Crippen molar-refractivity contribution in [1.29, 1.82) is 0 Å². The van der Waals surface area contributed by atoms with Crippen molar-refractivity contribution >= 4 is 6.09 Å². The van der Waals surface area contributed by atoms with Crippen molar-refractivity contribution in [3.63, 3.8) is 0 Å². The largest absolute Gasteiger partial charge is 0.447 e. The van der Waals surface area contributed by atoms with Crippen molar-refractivity contribution < 1.29 is 9.53 Å². The van der Waals surface area contributed by atoms with Gasteiger partial charge < -0.3 is 10.1 Å². The van der Waals surface area contributed by atoms with Crippen molar-refractivity contribution in [2.45, 2.75) is 6.04 Å². The Bertz CT molecular complexity index is 519. The van der Waals surface area contributed by atoms with Gasteiger partial charge in [-0.05, 0) is 23.8 Å². The van der Waals surface area contributed by atoms with Gasteiger partial charge in [-0.25, -0.2) is 9.48 Å². The Morgan fingerprint density at radius 2 is 2.18 bits per heavy atom. The van der Waals surface area contributed by atoms with E-state index in [4.69, 9.17) is 4.74 Å². The number of nitrogens with one attached hydrogen (secondary N) is 1. The molecule has 0 spiro atoms. The fourth-order valence-electron chi connectivity index (χ4n) is 1.85. The molecule has 1 aromatic carbocycles. The lowest BCUT2D eigenvalue weighted by molar-refractivity contribution is 0.177. The summed E-state index contributed by atoms with van der Waals surface area (Å²) < 4.78 is 6.64. The van der Waals surface area contributed by atoms with Crippen molar-refractivity contribution in [1.82, 2.24) is 15.1 Å². The van der Waals surface area contributed by atoms with Crippen LogP contribution in [0, 0.1) is 0 Å². The van der Waals surface area contributed by atoms with Crippen LogP contribution in [0.1, 0.15) is 11.6 Å². The van der Waals surface area contributed by atoms with Gasteiger partial charge in [0.2, 0.25) is 0 Å². The number of benzene rings is 1. The van der Waals surface area contributed by atoms with Gasteiger partial charge in [-0.1, -0.05) is 12.1 Å². The number of hydrogen-bond donors (Lipinski definition) is 1. The van der Waals surface area contributed by atoms with Crippen molar-refractivity contribution in [3.8, 4) is 5.69 Å². The van der Waals surface area contributed by atoms with Crippen LogP contribution in [0.15, 0.2) is 42.7 Å². The minimum atomic E-state index is -0.355. The van der Waals surface area contributed by atoms with Gasteiger partial charge in [0, 0.05) is 12.4 Å². The van der Waals surface area contributed by atoms with Crippen LogP contribution >= 0.6 is 0 Å². The summed E-state index contributed by atoms with van der Waals surface area (Å²) in [4.78, 5) is 10.9. The smallest absolute Gasteiger partial charge is 0.407 e. The van der Waals surface area contributed by atoms with Crippen LogP contribution in [0.5, 0.6) is 0 Å². The first-order valence-corrected chi connectivity index (χ1v) is 5.36. The summed E-state index contributed by atoms with van der Waals surface area (Å²) in [7, 11) is 0. The minimum absolute atomic E-state index is 0.0471. The van der Waals surface area contributed by atoms with E-state index in [2.05, 4.69) is 10.4 Å². The fraction of sp³-hybridized carbons (Fsp3) is 0.167. The van der Waals surface area contributed by atoms with Crippen molar-refractivity contribution in [2.24, 2.45) is 0 Å². The molecule has 1 unspecified atom stereocenters. The van der Waals surface area contributed by atoms with E-state index in [0.717, 1.165) is 11.3 Å². The molecule has 0 aliphatic carbocycles. The van der Waals surface area contributed by atoms with Gasteiger partial charge in [-0.15, -0.1) is 0 Å². The molecule has 1 fully saturated rings. The number of nitrogens with zero attached hydrogens (tertiary/aromatic N) is 2. The molecule has 5 heteroatoms. The molecule has 1 aromatic heterocycles. The van der Waals surface area contributed by atoms with Crippen LogP contribution in [0.25, 0.3) is 5.69 Å². The van der Waals surface area contributed by atoms with Gasteiger partial charge in [0.15, 0.2) is 0 Å². The highest BCUT2D eigenvalue weighted by Gasteiger charge is 2.23. The number of amides is 1. The van der Waals surface area contributed by atoms with Crippen LogP contribution in [-0.4, -0.2) is 22.5 Å². The van der Waals surface area contributed by atoms with E-state index in [1.165, 1.54) is 0 Å². The average Bonchev–Trinajstić information content (AvgIpc) is 3.00. The second kappa shape index (κ2) is 3.93. The third-order valence-electron chi connectivity index (χ3n) is 2.74. The lowest BCUT2D eigenvalue weighted by atomic mass is 10.1.